The van der Waals surface area contributed by atoms with Gasteiger partial charge in [-0.2, -0.15) is 0 Å². The second-order valence-corrected chi connectivity index (χ2v) is 3.44. The van der Waals surface area contributed by atoms with E-state index in [4.69, 9.17) is 0 Å². The topological polar surface area (TPSA) is 12.4 Å². The Hall–Kier alpha value is -1.18. The molecule has 13 heavy (non-hydrogen) atoms. The number of nitrogens with zero attached hydrogens (tertiary/aromatic N) is 1. The van der Waals surface area contributed by atoms with Crippen molar-refractivity contribution in [3.63, 3.8) is 0 Å². The van der Waals surface area contributed by atoms with Crippen LogP contribution in [-0.4, -0.2) is 11.8 Å². The third kappa shape index (κ3) is 1.62. The normalized spacial score (nSPS) is 21.7. The predicted molar refractivity (Wildman–Crippen MR) is 51.6 cm³/mol. The Kier molecular flexibility index (Phi) is 2.13. The molecule has 2 heteroatoms. The Morgan fingerprint density at radius 2 is 2.15 bits per heavy atom. The molecule has 0 spiro atoms. The molecular formula is C11H12FN. The molecule has 0 aromatic heterocycles. The van der Waals surface area contributed by atoms with Crippen molar-refractivity contribution >= 4 is 5.71 Å². The van der Waals surface area contributed by atoms with Gasteiger partial charge in [-0.05, 0) is 25.8 Å². The van der Waals surface area contributed by atoms with E-state index in [1.807, 2.05) is 6.07 Å². The van der Waals surface area contributed by atoms with Crippen molar-refractivity contribution in [1.82, 2.24) is 0 Å². The summed E-state index contributed by atoms with van der Waals surface area (Å²) in [5, 5.41) is 0. The van der Waals surface area contributed by atoms with Crippen molar-refractivity contribution in [3.05, 3.63) is 35.6 Å². The van der Waals surface area contributed by atoms with E-state index in [-0.39, 0.29) is 5.82 Å². The molecule has 2 rings (SSSR count). The lowest BCUT2D eigenvalue weighted by molar-refractivity contribution is 0.625. The van der Waals surface area contributed by atoms with Gasteiger partial charge >= 0.3 is 0 Å². The number of halogens is 1. The number of hydrogen-bond donors (Lipinski definition) is 0. The largest absolute Gasteiger partial charge is 0.286 e. The van der Waals surface area contributed by atoms with Gasteiger partial charge in [0, 0.05) is 17.3 Å². The van der Waals surface area contributed by atoms with Gasteiger partial charge < -0.3 is 0 Å². The van der Waals surface area contributed by atoms with Crippen LogP contribution < -0.4 is 0 Å². The Morgan fingerprint density at radius 3 is 2.77 bits per heavy atom. The Bertz CT molecular complexity index is 344. The minimum atomic E-state index is -0.157. The van der Waals surface area contributed by atoms with Gasteiger partial charge in [0.2, 0.25) is 0 Å². The van der Waals surface area contributed by atoms with Crippen LogP contribution in [0.25, 0.3) is 0 Å². The van der Waals surface area contributed by atoms with Crippen molar-refractivity contribution < 1.29 is 4.39 Å². The summed E-state index contributed by atoms with van der Waals surface area (Å²) in [5.74, 6) is -0.157. The van der Waals surface area contributed by atoms with Gasteiger partial charge in [-0.25, -0.2) is 4.39 Å². The Balaban J connectivity index is 2.36. The van der Waals surface area contributed by atoms with Gasteiger partial charge in [0.1, 0.15) is 5.82 Å². The molecule has 1 aromatic carbocycles. The fourth-order valence-corrected chi connectivity index (χ4v) is 1.64. The lowest BCUT2D eigenvalue weighted by Crippen LogP contribution is -1.99. The maximum atomic E-state index is 13.3. The van der Waals surface area contributed by atoms with E-state index in [1.165, 1.54) is 6.07 Å². The highest BCUT2D eigenvalue weighted by Gasteiger charge is 2.16. The summed E-state index contributed by atoms with van der Waals surface area (Å²) in [6, 6.07) is 7.20. The molecule has 1 aliphatic rings. The van der Waals surface area contributed by atoms with Gasteiger partial charge in [0.15, 0.2) is 0 Å². The number of rotatable bonds is 1. The van der Waals surface area contributed by atoms with Crippen LogP contribution >= 0.6 is 0 Å². The summed E-state index contributed by atoms with van der Waals surface area (Å²) in [4.78, 5) is 4.40. The molecule has 0 saturated carbocycles. The summed E-state index contributed by atoms with van der Waals surface area (Å²) in [6.45, 7) is 2.06. The van der Waals surface area contributed by atoms with E-state index in [9.17, 15) is 4.39 Å². The third-order valence-corrected chi connectivity index (χ3v) is 2.36. The van der Waals surface area contributed by atoms with Crippen molar-refractivity contribution in [2.75, 3.05) is 0 Å². The fourth-order valence-electron chi connectivity index (χ4n) is 1.64. The molecule has 1 heterocycles. The van der Waals surface area contributed by atoms with E-state index in [0.717, 1.165) is 18.6 Å². The Labute approximate surface area is 77.3 Å². The number of benzene rings is 1. The maximum Gasteiger partial charge on any atom is 0.132 e. The van der Waals surface area contributed by atoms with E-state index >= 15 is 0 Å². The zero-order chi connectivity index (χ0) is 9.26. The van der Waals surface area contributed by atoms with Gasteiger partial charge in [-0.15, -0.1) is 0 Å². The van der Waals surface area contributed by atoms with Crippen LogP contribution in [0.5, 0.6) is 0 Å². The fraction of sp³-hybridized carbons (Fsp3) is 0.364. The van der Waals surface area contributed by atoms with E-state index in [0.29, 0.717) is 11.6 Å². The van der Waals surface area contributed by atoms with E-state index in [1.54, 1.807) is 12.1 Å². The molecule has 1 aromatic rings. The van der Waals surface area contributed by atoms with Gasteiger partial charge in [0.25, 0.3) is 0 Å². The molecule has 0 bridgehead atoms. The van der Waals surface area contributed by atoms with Gasteiger partial charge in [0.05, 0.1) is 0 Å². The molecule has 1 atom stereocenters. The monoisotopic (exact) mass is 177 g/mol. The highest BCUT2D eigenvalue weighted by Crippen LogP contribution is 2.19. The minimum absolute atomic E-state index is 0.157. The zero-order valence-corrected chi connectivity index (χ0v) is 7.63. The molecule has 0 amide bonds. The predicted octanol–water partition coefficient (Wildman–Crippen LogP) is 2.80. The summed E-state index contributed by atoms with van der Waals surface area (Å²) in [7, 11) is 0. The first kappa shape index (κ1) is 8.42. The number of hydrogen-bond acceptors (Lipinski definition) is 1. The molecule has 1 aliphatic heterocycles. The molecule has 0 saturated heterocycles. The molecule has 1 unspecified atom stereocenters. The highest BCUT2D eigenvalue weighted by atomic mass is 19.1. The van der Waals surface area contributed by atoms with Gasteiger partial charge in [-0.3, -0.25) is 4.99 Å². The molecule has 0 fully saturated rings. The lowest BCUT2D eigenvalue weighted by atomic mass is 10.1. The van der Waals surface area contributed by atoms with E-state index < -0.39 is 0 Å². The first-order chi connectivity index (χ1) is 6.27. The smallest absolute Gasteiger partial charge is 0.132 e. The molecular weight excluding hydrogens is 165 g/mol. The average molecular weight is 177 g/mol. The summed E-state index contributed by atoms with van der Waals surface area (Å²) >= 11 is 0. The molecule has 0 radical (unpaired) electrons. The standard InChI is InChI=1S/C11H12FN/c1-8-6-7-11(13-8)9-4-2-3-5-10(9)12/h2-5,8H,6-7H2,1H3. The SMILES string of the molecule is CC1CCC(c2ccccc2F)=N1. The van der Waals surface area contributed by atoms with Crippen molar-refractivity contribution in [3.8, 4) is 0 Å². The molecule has 68 valence electrons. The first-order valence-electron chi connectivity index (χ1n) is 4.59. The minimum Gasteiger partial charge on any atom is -0.286 e. The Morgan fingerprint density at radius 1 is 1.38 bits per heavy atom. The van der Waals surface area contributed by atoms with Crippen molar-refractivity contribution in [1.29, 1.82) is 0 Å². The molecule has 1 nitrogen and oxygen atoms in total. The second-order valence-electron chi connectivity index (χ2n) is 3.44. The summed E-state index contributed by atoms with van der Waals surface area (Å²) < 4.78 is 13.3. The van der Waals surface area contributed by atoms with Crippen LogP contribution in [0.2, 0.25) is 0 Å². The van der Waals surface area contributed by atoms with Crippen molar-refractivity contribution in [2.45, 2.75) is 25.8 Å². The highest BCUT2D eigenvalue weighted by molar-refractivity contribution is 6.01. The van der Waals surface area contributed by atoms with Crippen LogP contribution in [0.3, 0.4) is 0 Å². The van der Waals surface area contributed by atoms with Crippen LogP contribution in [0.4, 0.5) is 4.39 Å². The van der Waals surface area contributed by atoms with Crippen LogP contribution in [0.15, 0.2) is 29.3 Å². The van der Waals surface area contributed by atoms with Crippen molar-refractivity contribution in [2.24, 2.45) is 4.99 Å². The van der Waals surface area contributed by atoms with Gasteiger partial charge in [-0.1, -0.05) is 18.2 Å². The summed E-state index contributed by atoms with van der Waals surface area (Å²) in [6.07, 6.45) is 1.95. The van der Waals surface area contributed by atoms with Crippen LogP contribution in [-0.2, 0) is 0 Å². The quantitative estimate of drug-likeness (QED) is 0.625. The lowest BCUT2D eigenvalue weighted by Gasteiger charge is -2.00. The molecule has 0 N–H and O–H groups in total. The maximum absolute atomic E-state index is 13.3. The first-order valence-corrected chi connectivity index (χ1v) is 4.59. The summed E-state index contributed by atoms with van der Waals surface area (Å²) in [5.41, 5.74) is 1.59. The number of aliphatic imine (C=N–C) groups is 1. The third-order valence-electron chi connectivity index (χ3n) is 2.36. The van der Waals surface area contributed by atoms with E-state index in [2.05, 4.69) is 11.9 Å². The van der Waals surface area contributed by atoms with Crippen LogP contribution in [0.1, 0.15) is 25.3 Å². The average Bonchev–Trinajstić information content (AvgIpc) is 2.53. The second kappa shape index (κ2) is 3.29. The van der Waals surface area contributed by atoms with Crippen LogP contribution in [0, 0.1) is 5.82 Å². The zero-order valence-electron chi connectivity index (χ0n) is 7.63. The molecule has 0 aliphatic carbocycles.